The molecule has 1 atom stereocenters. The molecule has 0 aromatic rings. The van der Waals surface area contributed by atoms with Crippen molar-refractivity contribution in [2.45, 2.75) is 13.0 Å². The molecule has 0 saturated carbocycles. The summed E-state index contributed by atoms with van der Waals surface area (Å²) in [6, 6.07) is 0. The second-order valence-corrected chi connectivity index (χ2v) is 0.977. The fourth-order valence-electron chi connectivity index (χ4n) is 0. The predicted molar refractivity (Wildman–Crippen MR) is 21.3 cm³/mol. The Kier molecular flexibility index (Phi) is 23.3. The van der Waals surface area contributed by atoms with Crippen LogP contribution < -0.4 is 0 Å². The minimum Gasteiger partial charge on any atom is -0.578 e. The summed E-state index contributed by atoms with van der Waals surface area (Å²) < 4.78 is 4.39. The van der Waals surface area contributed by atoms with Gasteiger partial charge in [-0.1, -0.05) is 6.92 Å². The van der Waals surface area contributed by atoms with E-state index in [0.717, 1.165) is 0 Å². The molecule has 0 radical (unpaired) electrons. The molecule has 0 bridgehead atoms. The van der Waals surface area contributed by atoms with Gasteiger partial charge < -0.3 is 11.7 Å². The van der Waals surface area contributed by atoms with Crippen LogP contribution in [0.25, 0.3) is 0 Å². The Morgan fingerprint density at radius 3 is 1.57 bits per heavy atom. The molecule has 1 unspecified atom stereocenters. The zero-order chi connectivity index (χ0) is 4.28. The van der Waals surface area contributed by atoms with Crippen LogP contribution in [0.1, 0.15) is 6.92 Å². The van der Waals surface area contributed by atoms with E-state index < -0.39 is 0 Å². The zero-order valence-corrected chi connectivity index (χ0v) is 10.1. The van der Waals surface area contributed by atoms with Crippen LogP contribution in [0.5, 0.6) is 0 Å². The van der Waals surface area contributed by atoms with E-state index in [-0.39, 0.29) is 48.2 Å². The molecule has 0 saturated heterocycles. The fourth-order valence-corrected chi connectivity index (χ4v) is 0. The van der Waals surface area contributed by atoms with Crippen LogP contribution in [0.4, 0.5) is 0 Å². The van der Waals surface area contributed by atoms with Crippen LogP contribution in [0, 0.1) is 14.0 Å². The summed E-state index contributed by atoms with van der Waals surface area (Å²) in [6.45, 7) is 5.30. The van der Waals surface area contributed by atoms with Gasteiger partial charge >= 0.3 is 0 Å². The maximum atomic E-state index is 4.39. The molecule has 0 N–H and O–H groups in total. The standard InChI is InChI=1S/C4H8O.2W/c1-4(2)5-3;;/h4H,1,3H2,2H3;;/q-2;;. The first-order chi connectivity index (χ1) is 2.27. The largest absolute Gasteiger partial charge is 0.578 e. The Hall–Kier alpha value is 1.34. The van der Waals surface area contributed by atoms with E-state index in [4.69, 9.17) is 0 Å². The van der Waals surface area contributed by atoms with Gasteiger partial charge in [-0.25, -0.2) is 7.11 Å². The summed E-state index contributed by atoms with van der Waals surface area (Å²) in [4.78, 5) is 0. The van der Waals surface area contributed by atoms with Gasteiger partial charge in [0.1, 0.15) is 0 Å². The summed E-state index contributed by atoms with van der Waals surface area (Å²) >= 11 is 0. The monoisotopic (exact) mass is 440 g/mol. The normalized spacial score (nSPS) is 10.7. The number of rotatable bonds is 1. The van der Waals surface area contributed by atoms with Crippen molar-refractivity contribution in [2.75, 3.05) is 0 Å². The molecule has 0 spiro atoms. The van der Waals surface area contributed by atoms with Gasteiger partial charge in [-0.3, -0.25) is 0 Å². The molecule has 3 heteroatoms. The zero-order valence-electron chi connectivity index (χ0n) is 4.22. The molecule has 0 fully saturated rings. The quantitative estimate of drug-likeness (QED) is 0.554. The summed E-state index contributed by atoms with van der Waals surface area (Å²) in [5, 5.41) is 0. The molecular formula is C4H8OW2-2. The van der Waals surface area contributed by atoms with Crippen molar-refractivity contribution in [1.29, 1.82) is 0 Å². The first-order valence-corrected chi connectivity index (χ1v) is 1.51. The Balaban J connectivity index is -0.0000000800. The predicted octanol–water partition coefficient (Wildman–Crippen LogP) is 1.01. The van der Waals surface area contributed by atoms with Gasteiger partial charge in [0.2, 0.25) is 0 Å². The molecule has 0 aliphatic carbocycles. The van der Waals surface area contributed by atoms with Crippen molar-refractivity contribution < 1.29 is 46.9 Å². The van der Waals surface area contributed by atoms with Gasteiger partial charge in [-0.05, 0) is 0 Å². The van der Waals surface area contributed by atoms with Crippen molar-refractivity contribution >= 4 is 0 Å². The van der Waals surface area contributed by atoms with E-state index in [1.165, 1.54) is 0 Å². The minimum absolute atomic E-state index is 0. The maximum Gasteiger partial charge on any atom is 0 e. The van der Waals surface area contributed by atoms with Gasteiger partial charge in [0, 0.05) is 42.1 Å². The molecule has 0 aromatic heterocycles. The van der Waals surface area contributed by atoms with Gasteiger partial charge in [0.05, 0.1) is 0 Å². The van der Waals surface area contributed by atoms with E-state index >= 15 is 0 Å². The van der Waals surface area contributed by atoms with Gasteiger partial charge in [-0.15, -0.1) is 6.10 Å². The second-order valence-electron chi connectivity index (χ2n) is 0.977. The van der Waals surface area contributed by atoms with E-state index in [0.29, 0.717) is 0 Å². The van der Waals surface area contributed by atoms with Crippen molar-refractivity contribution in [3.05, 3.63) is 14.0 Å². The number of hydrogen-bond donors (Lipinski definition) is 0. The number of hydrogen-bond acceptors (Lipinski definition) is 1. The third kappa shape index (κ3) is 18.8. The smallest absolute Gasteiger partial charge is 0 e. The number of ether oxygens (including phenoxy) is 1. The molecule has 1 nitrogen and oxygen atoms in total. The topological polar surface area (TPSA) is 9.23 Å². The Labute approximate surface area is 73.7 Å². The van der Waals surface area contributed by atoms with E-state index in [9.17, 15) is 0 Å². The molecule has 0 rings (SSSR count). The minimum atomic E-state index is 0. The second kappa shape index (κ2) is 10.3. The van der Waals surface area contributed by atoms with Gasteiger partial charge in [-0.2, -0.15) is 0 Å². The molecule has 0 aliphatic rings. The molecule has 0 aromatic carbocycles. The first-order valence-electron chi connectivity index (χ1n) is 1.51. The average molecular weight is 440 g/mol. The van der Waals surface area contributed by atoms with Crippen molar-refractivity contribution in [1.82, 2.24) is 0 Å². The molecule has 0 aliphatic heterocycles. The van der Waals surface area contributed by atoms with E-state index in [2.05, 4.69) is 18.8 Å². The molecule has 0 heterocycles. The van der Waals surface area contributed by atoms with Crippen LogP contribution in [0.2, 0.25) is 0 Å². The summed E-state index contributed by atoms with van der Waals surface area (Å²) in [5.74, 6) is 0. The Morgan fingerprint density at radius 2 is 1.57 bits per heavy atom. The third-order valence-electron chi connectivity index (χ3n) is 0.285. The molecule has 44 valence electrons. The fraction of sp³-hybridized carbons (Fsp3) is 0.500. The van der Waals surface area contributed by atoms with Crippen LogP contribution in [0.3, 0.4) is 0 Å². The maximum absolute atomic E-state index is 4.39. The third-order valence-corrected chi connectivity index (χ3v) is 0.285. The molecule has 7 heavy (non-hydrogen) atoms. The molecule has 0 amide bonds. The SMILES string of the molecule is [CH2-]OC([CH2-])C.[W].[W]. The van der Waals surface area contributed by atoms with Crippen LogP contribution in [-0.2, 0) is 46.9 Å². The molecular weight excluding hydrogens is 432 g/mol. The van der Waals surface area contributed by atoms with E-state index in [1.807, 2.05) is 6.92 Å². The summed E-state index contributed by atoms with van der Waals surface area (Å²) in [5.41, 5.74) is 0. The van der Waals surface area contributed by atoms with Crippen molar-refractivity contribution in [3.63, 3.8) is 0 Å². The van der Waals surface area contributed by atoms with Gasteiger partial charge in [0.25, 0.3) is 0 Å². The summed E-state index contributed by atoms with van der Waals surface area (Å²) in [7, 11) is 3.12. The van der Waals surface area contributed by atoms with Crippen molar-refractivity contribution in [2.24, 2.45) is 0 Å². The summed E-state index contributed by atoms with van der Waals surface area (Å²) in [6.07, 6.45) is 0.0231. The van der Waals surface area contributed by atoms with Crippen LogP contribution >= 0.6 is 0 Å². The Bertz CT molecular complexity index is 23.7. The van der Waals surface area contributed by atoms with E-state index in [1.54, 1.807) is 0 Å². The van der Waals surface area contributed by atoms with Crippen molar-refractivity contribution in [3.8, 4) is 0 Å². The average Bonchev–Trinajstić information content (AvgIpc) is 1.38. The first kappa shape index (κ1) is 15.8. The van der Waals surface area contributed by atoms with Gasteiger partial charge in [0.15, 0.2) is 0 Å². The Morgan fingerprint density at radius 1 is 1.43 bits per heavy atom. The van der Waals surface area contributed by atoms with Crippen LogP contribution in [0.15, 0.2) is 0 Å². The van der Waals surface area contributed by atoms with Crippen LogP contribution in [-0.4, -0.2) is 6.10 Å².